The Hall–Kier alpha value is 0.573. The fourth-order valence-corrected chi connectivity index (χ4v) is 1.32. The summed E-state index contributed by atoms with van der Waals surface area (Å²) in [6.07, 6.45) is 0.850. The molecule has 0 bridgehead atoms. The monoisotopic (exact) mass is 231 g/mol. The predicted octanol–water partition coefficient (Wildman–Crippen LogP) is 1.25. The summed E-state index contributed by atoms with van der Waals surface area (Å²) < 4.78 is 9.93. The van der Waals surface area contributed by atoms with E-state index in [0.29, 0.717) is 5.02 Å². The third-order valence-electron chi connectivity index (χ3n) is 0.806. The van der Waals surface area contributed by atoms with Gasteiger partial charge in [-0.25, -0.2) is 0 Å². The molecule has 0 spiro atoms. The van der Waals surface area contributed by atoms with Crippen molar-refractivity contribution in [2.75, 3.05) is 0 Å². The summed E-state index contributed by atoms with van der Waals surface area (Å²) in [7, 11) is 0. The van der Waals surface area contributed by atoms with Gasteiger partial charge in [-0.05, 0) is 0 Å². The SMILES string of the molecule is Br.CC(C=O)[CH2][Zn]=[O]. The van der Waals surface area contributed by atoms with Gasteiger partial charge in [-0.15, -0.1) is 17.0 Å². The molecule has 0 heterocycles. The van der Waals surface area contributed by atoms with Crippen LogP contribution in [0, 0.1) is 5.92 Å². The molecule has 0 aliphatic rings. The number of carbonyl (C=O) groups excluding carboxylic acids is 1. The van der Waals surface area contributed by atoms with Crippen molar-refractivity contribution in [2.45, 2.75) is 11.9 Å². The van der Waals surface area contributed by atoms with E-state index in [0.717, 1.165) is 6.29 Å². The first-order chi connectivity index (χ1) is 3.31. The van der Waals surface area contributed by atoms with Gasteiger partial charge in [0.25, 0.3) is 0 Å². The van der Waals surface area contributed by atoms with Gasteiger partial charge in [0.1, 0.15) is 0 Å². The molecule has 1 unspecified atom stereocenters. The summed E-state index contributed by atoms with van der Waals surface area (Å²) in [5.74, 6) is 0.0394. The van der Waals surface area contributed by atoms with Gasteiger partial charge in [0.2, 0.25) is 0 Å². The fraction of sp³-hybridized carbons (Fsp3) is 0.750. The maximum atomic E-state index is 9.93. The second-order valence-electron chi connectivity index (χ2n) is 1.61. The van der Waals surface area contributed by atoms with Crippen molar-refractivity contribution in [3.8, 4) is 0 Å². The molecule has 0 aliphatic heterocycles. The Balaban J connectivity index is 0. The van der Waals surface area contributed by atoms with Crippen molar-refractivity contribution in [1.29, 1.82) is 0 Å². The number of hydrogen-bond donors (Lipinski definition) is 0. The minimum absolute atomic E-state index is 0. The summed E-state index contributed by atoms with van der Waals surface area (Å²) in [5.41, 5.74) is 0. The normalized spacial score (nSPS) is 10.6. The quantitative estimate of drug-likeness (QED) is 0.543. The van der Waals surface area contributed by atoms with Crippen LogP contribution in [0.1, 0.15) is 6.92 Å². The van der Waals surface area contributed by atoms with Crippen LogP contribution in [0.4, 0.5) is 0 Å². The Morgan fingerprint density at radius 3 is 2.38 bits per heavy atom. The molecule has 0 N–H and O–H groups in total. The van der Waals surface area contributed by atoms with Crippen LogP contribution in [-0.4, -0.2) is 6.29 Å². The van der Waals surface area contributed by atoms with E-state index in [1.165, 1.54) is 0 Å². The van der Waals surface area contributed by atoms with Crippen LogP contribution in [0.15, 0.2) is 0 Å². The molecule has 0 fully saturated rings. The summed E-state index contributed by atoms with van der Waals surface area (Å²) in [6.45, 7) is 1.79. The Morgan fingerprint density at radius 2 is 2.25 bits per heavy atom. The first-order valence-corrected chi connectivity index (χ1v) is 5.65. The Bertz CT molecular complexity index is 76.4. The van der Waals surface area contributed by atoms with Crippen molar-refractivity contribution in [3.05, 3.63) is 0 Å². The van der Waals surface area contributed by atoms with Crippen LogP contribution < -0.4 is 0 Å². The van der Waals surface area contributed by atoms with Gasteiger partial charge < -0.3 is 0 Å². The molecule has 8 heavy (non-hydrogen) atoms. The Labute approximate surface area is 66.7 Å². The van der Waals surface area contributed by atoms with Crippen molar-refractivity contribution in [2.24, 2.45) is 5.92 Å². The van der Waals surface area contributed by atoms with Crippen LogP contribution in [0.5, 0.6) is 0 Å². The molecule has 1 atom stereocenters. The summed E-state index contributed by atoms with van der Waals surface area (Å²) in [6, 6.07) is 0. The summed E-state index contributed by atoms with van der Waals surface area (Å²) in [4.78, 5) is 9.79. The van der Waals surface area contributed by atoms with Crippen molar-refractivity contribution in [1.82, 2.24) is 0 Å². The summed E-state index contributed by atoms with van der Waals surface area (Å²) in [5, 5.41) is 0.663. The van der Waals surface area contributed by atoms with Gasteiger partial charge in [0.15, 0.2) is 0 Å². The van der Waals surface area contributed by atoms with Crippen molar-refractivity contribution < 1.29 is 25.4 Å². The maximum absolute atomic E-state index is 9.93. The average molecular weight is 233 g/mol. The number of aldehydes is 1. The molecular weight excluding hydrogens is 225 g/mol. The van der Waals surface area contributed by atoms with E-state index in [9.17, 15) is 8.37 Å². The van der Waals surface area contributed by atoms with Crippen LogP contribution in [0.2, 0.25) is 5.02 Å². The number of hydrogen-bond acceptors (Lipinski definition) is 2. The van der Waals surface area contributed by atoms with E-state index in [1.807, 2.05) is 0 Å². The molecule has 2 nitrogen and oxygen atoms in total. The zero-order valence-corrected chi connectivity index (χ0v) is 9.47. The molecule has 0 aliphatic carbocycles. The van der Waals surface area contributed by atoms with Gasteiger partial charge in [-0.3, -0.25) is 0 Å². The first kappa shape index (κ1) is 11.4. The molecule has 0 aromatic rings. The standard InChI is InChI=1S/C4H7O.BrH.O.Zn/c1-4(2)3-5;;;/h3-4H,1H2,2H3;1H;;. The minimum atomic E-state index is -1.47. The number of rotatable bonds is 3. The van der Waals surface area contributed by atoms with E-state index in [1.54, 1.807) is 6.92 Å². The first-order valence-electron chi connectivity index (χ1n) is 2.34. The average Bonchev–Trinajstić information content (AvgIpc) is 1.68. The fourth-order valence-electron chi connectivity index (χ4n) is 0.254. The van der Waals surface area contributed by atoms with E-state index in [4.69, 9.17) is 0 Å². The van der Waals surface area contributed by atoms with E-state index >= 15 is 0 Å². The Morgan fingerprint density at radius 1 is 1.75 bits per heavy atom. The van der Waals surface area contributed by atoms with Gasteiger partial charge in [-0.2, -0.15) is 0 Å². The molecule has 0 saturated carbocycles. The molecular formula is C4H8BrO2Zn. The van der Waals surface area contributed by atoms with Crippen molar-refractivity contribution >= 4 is 23.3 Å². The summed E-state index contributed by atoms with van der Waals surface area (Å²) >= 11 is -1.47. The molecule has 0 aromatic carbocycles. The second-order valence-corrected chi connectivity index (χ2v) is 3.67. The van der Waals surface area contributed by atoms with Crippen LogP contribution in [0.25, 0.3) is 0 Å². The number of carbonyl (C=O) groups is 1. The second kappa shape index (κ2) is 7.57. The van der Waals surface area contributed by atoms with Gasteiger partial charge in [0, 0.05) is 0 Å². The van der Waals surface area contributed by atoms with Crippen molar-refractivity contribution in [3.63, 3.8) is 0 Å². The third-order valence-corrected chi connectivity index (χ3v) is 3.21. The third kappa shape index (κ3) is 6.57. The molecule has 4 heteroatoms. The molecule has 45 valence electrons. The topological polar surface area (TPSA) is 34.1 Å². The molecule has 0 saturated heterocycles. The molecule has 0 aromatic heterocycles. The van der Waals surface area contributed by atoms with Gasteiger partial charge >= 0.3 is 49.6 Å². The van der Waals surface area contributed by atoms with Crippen LogP contribution in [-0.2, 0) is 25.4 Å². The van der Waals surface area contributed by atoms with E-state index in [-0.39, 0.29) is 22.9 Å². The van der Waals surface area contributed by atoms with E-state index in [2.05, 4.69) is 0 Å². The zero-order valence-electron chi connectivity index (χ0n) is 4.79. The van der Waals surface area contributed by atoms with Gasteiger partial charge in [0.05, 0.1) is 0 Å². The molecule has 0 radical (unpaired) electrons. The van der Waals surface area contributed by atoms with Gasteiger partial charge in [-0.1, -0.05) is 0 Å². The predicted molar refractivity (Wildman–Crippen MR) is 31.0 cm³/mol. The zero-order chi connectivity index (χ0) is 5.70. The van der Waals surface area contributed by atoms with Crippen LogP contribution in [0.3, 0.4) is 0 Å². The number of halogens is 1. The molecule has 0 rings (SSSR count). The van der Waals surface area contributed by atoms with Crippen LogP contribution >= 0.6 is 17.0 Å². The van der Waals surface area contributed by atoms with E-state index < -0.39 is 17.1 Å². The Kier molecular flexibility index (Phi) is 10.8. The molecule has 0 amide bonds.